The molecule has 0 unspecified atom stereocenters. The van der Waals surface area contributed by atoms with Crippen LogP contribution in [0.5, 0.6) is 0 Å². The molecule has 0 bridgehead atoms. The molecule has 0 heterocycles. The Hall–Kier alpha value is 0.470. The fourth-order valence-electron chi connectivity index (χ4n) is 0. The molecule has 0 amide bonds. The van der Waals surface area contributed by atoms with Gasteiger partial charge in [-0.1, -0.05) is 0 Å². The number of hydrogen-bond acceptors (Lipinski definition) is 2. The van der Waals surface area contributed by atoms with Gasteiger partial charge in [-0.15, -0.1) is 0 Å². The third kappa shape index (κ3) is 24.2. The molecule has 0 aliphatic heterocycles. The van der Waals surface area contributed by atoms with Gasteiger partial charge in [0.1, 0.15) is 0 Å². The van der Waals surface area contributed by atoms with Crippen LogP contribution in [-0.4, -0.2) is 6.47 Å². The summed E-state index contributed by atoms with van der Waals surface area (Å²) in [5, 5.41) is 8.25. The molecule has 0 aromatic heterocycles. The van der Waals surface area contributed by atoms with Crippen molar-refractivity contribution < 1.29 is 39.5 Å². The normalized spacial score (nSPS) is 3.00. The minimum absolute atomic E-state index is 0. The Morgan fingerprint density at radius 3 is 1.75 bits per heavy atom. The first kappa shape index (κ1) is 8.82. The van der Waals surface area contributed by atoms with Crippen molar-refractivity contribution in [2.75, 3.05) is 0 Å². The molecule has 0 aromatic carbocycles. The Balaban J connectivity index is 0. The average molecular weight is 70.0 g/mol. The van der Waals surface area contributed by atoms with Gasteiger partial charge in [-0.3, -0.25) is 0 Å². The number of hydrogen-bond donors (Lipinski definition) is 0. The van der Waals surface area contributed by atoms with Crippen molar-refractivity contribution in [3.8, 4) is 0 Å². The van der Waals surface area contributed by atoms with Crippen molar-refractivity contribution in [3.05, 3.63) is 0 Å². The van der Waals surface area contributed by atoms with Crippen LogP contribution in [0, 0.1) is 0 Å². The number of rotatable bonds is 0. The molecule has 0 aromatic rings. The van der Waals surface area contributed by atoms with E-state index in [0.717, 1.165) is 0 Å². The van der Waals surface area contributed by atoms with Crippen molar-refractivity contribution in [3.63, 3.8) is 0 Å². The summed E-state index contributed by atoms with van der Waals surface area (Å²) in [5.41, 5.74) is 0. The second kappa shape index (κ2) is 9.80. The van der Waals surface area contributed by atoms with Crippen LogP contribution in [0.15, 0.2) is 0 Å². The van der Waals surface area contributed by atoms with Crippen LogP contribution in [0.2, 0.25) is 0 Å². The van der Waals surface area contributed by atoms with E-state index >= 15 is 0 Å². The third-order valence-corrected chi connectivity index (χ3v) is 0. The maximum atomic E-state index is 8.25. The van der Waals surface area contributed by atoms with E-state index in [1.165, 1.54) is 0 Å². The predicted molar refractivity (Wildman–Crippen MR) is 6.06 cm³/mol. The van der Waals surface area contributed by atoms with E-state index < -0.39 is 6.47 Å². The van der Waals surface area contributed by atoms with E-state index in [9.17, 15) is 0 Å². The summed E-state index contributed by atoms with van der Waals surface area (Å²) in [7, 11) is 0. The van der Waals surface area contributed by atoms with Gasteiger partial charge in [0.2, 0.25) is 0 Å². The van der Waals surface area contributed by atoms with Crippen LogP contribution < -0.4 is 34.7 Å². The van der Waals surface area contributed by atoms with E-state index in [-0.39, 0.29) is 29.6 Å². The maximum absolute atomic E-state index is 8.25. The molecule has 0 rings (SSSR count). The second-order valence-corrected chi connectivity index (χ2v) is 0.0962. The summed E-state index contributed by atoms with van der Waals surface area (Å²) < 4.78 is 0. The molecule has 0 fully saturated rings. The van der Waals surface area contributed by atoms with Gasteiger partial charge in [-0.05, 0) is 0 Å². The van der Waals surface area contributed by atoms with Crippen molar-refractivity contribution in [1.82, 2.24) is 0 Å². The van der Waals surface area contributed by atoms with Crippen LogP contribution >= 0.6 is 0 Å². The summed E-state index contributed by atoms with van der Waals surface area (Å²) in [4.78, 5) is 8.25. The topological polar surface area (TPSA) is 40.1 Å². The minimum atomic E-state index is -0.500. The first-order chi connectivity index (χ1) is 1.41. The van der Waals surface area contributed by atoms with Gasteiger partial charge in [0.15, 0.2) is 0 Å². The third-order valence-electron chi connectivity index (χ3n) is 0. The molecule has 0 N–H and O–H groups in total. The van der Waals surface area contributed by atoms with Gasteiger partial charge >= 0.3 is 29.6 Å². The molecule has 0 aliphatic rings. The zero-order chi connectivity index (χ0) is 2.71. The summed E-state index contributed by atoms with van der Waals surface area (Å²) >= 11 is 0. The zero-order valence-corrected chi connectivity index (χ0v) is 4.39. The summed E-state index contributed by atoms with van der Waals surface area (Å²) in [6.45, 7) is -0.500. The predicted octanol–water partition coefficient (Wildman–Crippen LogP) is -4.63. The minimum Gasteiger partial charge on any atom is -0.554 e. The molecular formula is CHNaO2. The molecule has 0 aliphatic carbocycles. The standard InChI is InChI=1S/CH2O2.Na/c2-1-3;/h1H,(H,2,3);/q;+1/p-1/i1+2;. The average Bonchev–Trinajstić information content (AvgIpc) is 0.918. The number of carbonyl (C=O) groups is 1. The van der Waals surface area contributed by atoms with Gasteiger partial charge in [-0.2, -0.15) is 0 Å². The Morgan fingerprint density at radius 1 is 1.75 bits per heavy atom. The van der Waals surface area contributed by atoms with Gasteiger partial charge in [-0.25, -0.2) is 0 Å². The van der Waals surface area contributed by atoms with E-state index in [1.807, 2.05) is 0 Å². The molecule has 4 heavy (non-hydrogen) atoms. The first-order valence-corrected chi connectivity index (χ1v) is 0.471. The van der Waals surface area contributed by atoms with E-state index in [0.29, 0.717) is 0 Å². The fourth-order valence-corrected chi connectivity index (χ4v) is 0. The Labute approximate surface area is 46.1 Å². The molecule has 3 heteroatoms. The quantitative estimate of drug-likeness (QED) is 0.212. The maximum Gasteiger partial charge on any atom is 1.00 e. The van der Waals surface area contributed by atoms with Crippen LogP contribution in [0.1, 0.15) is 0 Å². The Morgan fingerprint density at radius 2 is 1.75 bits per heavy atom. The molecule has 0 spiro atoms. The van der Waals surface area contributed by atoms with Gasteiger partial charge in [0.25, 0.3) is 0 Å². The van der Waals surface area contributed by atoms with E-state index in [4.69, 9.17) is 9.90 Å². The molecule has 0 radical (unpaired) electrons. The Bertz CT molecular complexity index is 13.5. The zero-order valence-electron chi connectivity index (χ0n) is 2.39. The van der Waals surface area contributed by atoms with Crippen molar-refractivity contribution in [1.29, 1.82) is 0 Å². The smallest absolute Gasteiger partial charge is 0.554 e. The summed E-state index contributed by atoms with van der Waals surface area (Å²) in [6.07, 6.45) is 0. The second-order valence-electron chi connectivity index (χ2n) is 0.0962. The van der Waals surface area contributed by atoms with Crippen molar-refractivity contribution in [2.45, 2.75) is 0 Å². The van der Waals surface area contributed by atoms with Gasteiger partial charge in [0, 0.05) is 6.47 Å². The van der Waals surface area contributed by atoms with Crippen molar-refractivity contribution >= 4 is 6.47 Å². The van der Waals surface area contributed by atoms with Crippen LogP contribution in [-0.2, 0) is 4.79 Å². The van der Waals surface area contributed by atoms with E-state index in [2.05, 4.69) is 0 Å². The SMILES string of the molecule is O=[14CH][O-].[Na+]. The first-order valence-electron chi connectivity index (χ1n) is 0.471. The summed E-state index contributed by atoms with van der Waals surface area (Å²) in [6, 6.07) is 0. The van der Waals surface area contributed by atoms with Gasteiger partial charge in [0.05, 0.1) is 0 Å². The number of carbonyl (C=O) groups excluding carboxylic acids is 1. The number of carboxylic acid groups (broad SMARTS) is 1. The molecule has 0 atom stereocenters. The van der Waals surface area contributed by atoms with Crippen LogP contribution in [0.25, 0.3) is 0 Å². The molecule has 0 saturated carbocycles. The van der Waals surface area contributed by atoms with Crippen LogP contribution in [0.4, 0.5) is 0 Å². The van der Waals surface area contributed by atoms with Gasteiger partial charge < -0.3 is 9.90 Å². The Kier molecular flexibility index (Phi) is 21.6. The van der Waals surface area contributed by atoms with E-state index in [1.54, 1.807) is 0 Å². The summed E-state index contributed by atoms with van der Waals surface area (Å²) in [5.74, 6) is 0. The molecule has 2 nitrogen and oxygen atoms in total. The molecular weight excluding hydrogens is 69.0 g/mol. The van der Waals surface area contributed by atoms with Crippen molar-refractivity contribution in [2.24, 2.45) is 0 Å². The largest absolute Gasteiger partial charge is 1.00 e. The molecule has 0 saturated heterocycles. The molecule has 18 valence electrons. The van der Waals surface area contributed by atoms with Crippen LogP contribution in [0.3, 0.4) is 0 Å². The fraction of sp³-hybridized carbons (Fsp3) is 0. The monoisotopic (exact) mass is 70.0 g/mol.